The standard InChI is InChI=1S/C18H22N2O2/c1-19-5-7-20(8-6-19)18(21)11-15-12-22-17-10-14-4-2-3-13(14)9-16(15)17/h9-10,12H,2-8,11H2,1H3. The van der Waals surface area contributed by atoms with Crippen LogP contribution >= 0.6 is 0 Å². The van der Waals surface area contributed by atoms with Crippen LogP contribution in [0, 0.1) is 0 Å². The van der Waals surface area contributed by atoms with E-state index in [0.717, 1.165) is 55.6 Å². The molecule has 4 nitrogen and oxygen atoms in total. The summed E-state index contributed by atoms with van der Waals surface area (Å²) in [4.78, 5) is 16.8. The average Bonchev–Trinajstić information content (AvgIpc) is 3.12. The van der Waals surface area contributed by atoms with Gasteiger partial charge in [0.1, 0.15) is 5.58 Å². The summed E-state index contributed by atoms with van der Waals surface area (Å²) < 4.78 is 5.70. The summed E-state index contributed by atoms with van der Waals surface area (Å²) in [6.07, 6.45) is 5.77. The predicted molar refractivity (Wildman–Crippen MR) is 86.0 cm³/mol. The number of hydrogen-bond donors (Lipinski definition) is 0. The first kappa shape index (κ1) is 13.8. The van der Waals surface area contributed by atoms with E-state index in [0.29, 0.717) is 6.42 Å². The molecule has 0 radical (unpaired) electrons. The average molecular weight is 298 g/mol. The Hall–Kier alpha value is -1.81. The van der Waals surface area contributed by atoms with Crippen LogP contribution in [0.15, 0.2) is 22.8 Å². The number of benzene rings is 1. The molecule has 1 amide bonds. The zero-order valence-corrected chi connectivity index (χ0v) is 13.1. The van der Waals surface area contributed by atoms with Crippen molar-refractivity contribution in [2.75, 3.05) is 33.2 Å². The first-order chi connectivity index (χ1) is 10.7. The van der Waals surface area contributed by atoms with Gasteiger partial charge in [0.15, 0.2) is 0 Å². The van der Waals surface area contributed by atoms with E-state index >= 15 is 0 Å². The number of nitrogens with zero attached hydrogens (tertiary/aromatic N) is 2. The minimum Gasteiger partial charge on any atom is -0.464 e. The van der Waals surface area contributed by atoms with Crippen LogP contribution in [0.4, 0.5) is 0 Å². The molecule has 0 spiro atoms. The molecule has 116 valence electrons. The molecule has 2 aliphatic rings. The highest BCUT2D eigenvalue weighted by Crippen LogP contribution is 2.30. The maximum absolute atomic E-state index is 12.5. The lowest BCUT2D eigenvalue weighted by atomic mass is 10.0. The maximum atomic E-state index is 12.5. The first-order valence-electron chi connectivity index (χ1n) is 8.19. The number of amides is 1. The van der Waals surface area contributed by atoms with Gasteiger partial charge in [-0.1, -0.05) is 0 Å². The van der Waals surface area contributed by atoms with Crippen molar-refractivity contribution in [2.24, 2.45) is 0 Å². The molecule has 0 N–H and O–H groups in total. The number of hydrogen-bond acceptors (Lipinski definition) is 3. The van der Waals surface area contributed by atoms with E-state index in [1.54, 1.807) is 6.26 Å². The third kappa shape index (κ3) is 2.41. The van der Waals surface area contributed by atoms with Gasteiger partial charge in [0, 0.05) is 37.1 Å². The SMILES string of the molecule is CN1CCN(C(=O)Cc2coc3cc4c(cc23)CCC4)CC1. The van der Waals surface area contributed by atoms with Crippen LogP contribution in [0.25, 0.3) is 11.0 Å². The molecule has 0 atom stereocenters. The number of aryl methyl sites for hydroxylation is 2. The van der Waals surface area contributed by atoms with E-state index in [4.69, 9.17) is 4.42 Å². The van der Waals surface area contributed by atoms with Crippen LogP contribution in [-0.2, 0) is 24.1 Å². The summed E-state index contributed by atoms with van der Waals surface area (Å²) in [6, 6.07) is 4.41. The van der Waals surface area contributed by atoms with Crippen molar-refractivity contribution >= 4 is 16.9 Å². The third-order valence-electron chi connectivity index (χ3n) is 5.07. The molecule has 0 unspecified atom stereocenters. The largest absolute Gasteiger partial charge is 0.464 e. The van der Waals surface area contributed by atoms with Crippen molar-refractivity contribution in [3.63, 3.8) is 0 Å². The van der Waals surface area contributed by atoms with Crippen LogP contribution in [0.1, 0.15) is 23.1 Å². The zero-order valence-electron chi connectivity index (χ0n) is 13.1. The summed E-state index contributed by atoms with van der Waals surface area (Å²) in [5.41, 5.74) is 4.82. The molecule has 2 aromatic rings. The number of likely N-dealkylation sites (N-methyl/N-ethyl adjacent to an activating group) is 1. The number of carbonyl (C=O) groups is 1. The number of furan rings is 1. The first-order valence-corrected chi connectivity index (χ1v) is 8.19. The van der Waals surface area contributed by atoms with Gasteiger partial charge >= 0.3 is 0 Å². The van der Waals surface area contributed by atoms with Gasteiger partial charge < -0.3 is 14.2 Å². The minimum atomic E-state index is 0.219. The van der Waals surface area contributed by atoms with E-state index in [2.05, 4.69) is 24.1 Å². The Labute approximate surface area is 130 Å². The second kappa shape index (κ2) is 5.43. The molecule has 0 bridgehead atoms. The molecule has 1 saturated heterocycles. The van der Waals surface area contributed by atoms with E-state index in [9.17, 15) is 4.79 Å². The molecule has 1 aliphatic heterocycles. The molecule has 0 saturated carbocycles. The van der Waals surface area contributed by atoms with Crippen LogP contribution in [0.3, 0.4) is 0 Å². The molecule has 2 heterocycles. The number of fused-ring (bicyclic) bond motifs is 2. The van der Waals surface area contributed by atoms with E-state index in [1.165, 1.54) is 17.5 Å². The lowest BCUT2D eigenvalue weighted by Gasteiger charge is -2.32. The lowest BCUT2D eigenvalue weighted by molar-refractivity contribution is -0.132. The lowest BCUT2D eigenvalue weighted by Crippen LogP contribution is -2.47. The molecular weight excluding hydrogens is 276 g/mol. The fraction of sp³-hybridized carbons (Fsp3) is 0.500. The fourth-order valence-corrected chi connectivity index (χ4v) is 3.62. The summed E-state index contributed by atoms with van der Waals surface area (Å²) >= 11 is 0. The monoisotopic (exact) mass is 298 g/mol. The highest BCUT2D eigenvalue weighted by atomic mass is 16.3. The second-order valence-corrected chi connectivity index (χ2v) is 6.59. The maximum Gasteiger partial charge on any atom is 0.227 e. The van der Waals surface area contributed by atoms with Crippen LogP contribution < -0.4 is 0 Å². The molecular formula is C18H22N2O2. The van der Waals surface area contributed by atoms with E-state index < -0.39 is 0 Å². The van der Waals surface area contributed by atoms with Crippen molar-refractivity contribution in [1.82, 2.24) is 9.80 Å². The number of piperazine rings is 1. The molecule has 1 aliphatic carbocycles. The van der Waals surface area contributed by atoms with Gasteiger partial charge in [-0.05, 0) is 49.6 Å². The molecule has 1 aromatic heterocycles. The Morgan fingerprint density at radius 2 is 1.86 bits per heavy atom. The van der Waals surface area contributed by atoms with Gasteiger partial charge in [-0.2, -0.15) is 0 Å². The van der Waals surface area contributed by atoms with Crippen LogP contribution in [0.2, 0.25) is 0 Å². The normalized spacial score (nSPS) is 18.9. The quantitative estimate of drug-likeness (QED) is 0.853. The van der Waals surface area contributed by atoms with Gasteiger partial charge in [0.05, 0.1) is 12.7 Å². The smallest absolute Gasteiger partial charge is 0.227 e. The molecule has 1 fully saturated rings. The number of rotatable bonds is 2. The van der Waals surface area contributed by atoms with Gasteiger partial charge in [-0.25, -0.2) is 0 Å². The van der Waals surface area contributed by atoms with Gasteiger partial charge in [0.25, 0.3) is 0 Å². The molecule has 4 heteroatoms. The number of carbonyl (C=O) groups excluding carboxylic acids is 1. The van der Waals surface area contributed by atoms with Crippen molar-refractivity contribution in [3.8, 4) is 0 Å². The van der Waals surface area contributed by atoms with E-state index in [1.807, 2.05) is 4.90 Å². The van der Waals surface area contributed by atoms with Gasteiger partial charge in [0.2, 0.25) is 5.91 Å². The Bertz CT molecular complexity index is 711. The highest BCUT2D eigenvalue weighted by molar-refractivity contribution is 5.88. The topological polar surface area (TPSA) is 36.7 Å². The Kier molecular flexibility index (Phi) is 3.41. The summed E-state index contributed by atoms with van der Waals surface area (Å²) in [5.74, 6) is 0.219. The zero-order chi connectivity index (χ0) is 15.1. The predicted octanol–water partition coefficient (Wildman–Crippen LogP) is 2.24. The molecule has 1 aromatic carbocycles. The second-order valence-electron chi connectivity index (χ2n) is 6.59. The Morgan fingerprint density at radius 1 is 1.14 bits per heavy atom. The van der Waals surface area contributed by atoms with E-state index in [-0.39, 0.29) is 5.91 Å². The Balaban J connectivity index is 1.55. The summed E-state index contributed by atoms with van der Waals surface area (Å²) in [5, 5.41) is 1.13. The molecule has 4 rings (SSSR count). The van der Waals surface area contributed by atoms with Crippen molar-refractivity contribution < 1.29 is 9.21 Å². The van der Waals surface area contributed by atoms with Crippen molar-refractivity contribution in [1.29, 1.82) is 0 Å². The Morgan fingerprint density at radius 3 is 2.64 bits per heavy atom. The van der Waals surface area contributed by atoms with Crippen LogP contribution in [0.5, 0.6) is 0 Å². The summed E-state index contributed by atoms with van der Waals surface area (Å²) in [6.45, 7) is 3.60. The fourth-order valence-electron chi connectivity index (χ4n) is 3.62. The minimum absolute atomic E-state index is 0.219. The van der Waals surface area contributed by atoms with Crippen molar-refractivity contribution in [3.05, 3.63) is 35.1 Å². The third-order valence-corrected chi connectivity index (χ3v) is 5.07. The summed E-state index contributed by atoms with van der Waals surface area (Å²) in [7, 11) is 2.10. The van der Waals surface area contributed by atoms with Crippen molar-refractivity contribution in [2.45, 2.75) is 25.7 Å². The van der Waals surface area contributed by atoms with Gasteiger partial charge in [-0.3, -0.25) is 4.79 Å². The van der Waals surface area contributed by atoms with Crippen LogP contribution in [-0.4, -0.2) is 48.9 Å². The molecule has 22 heavy (non-hydrogen) atoms. The highest BCUT2D eigenvalue weighted by Gasteiger charge is 2.21. The van der Waals surface area contributed by atoms with Gasteiger partial charge in [-0.15, -0.1) is 0 Å².